The second-order valence-corrected chi connectivity index (χ2v) is 9.31. The highest BCUT2D eigenvalue weighted by molar-refractivity contribution is 7.89. The summed E-state index contributed by atoms with van der Waals surface area (Å²) in [6.07, 6.45) is 0. The smallest absolute Gasteiger partial charge is 0.243 e. The van der Waals surface area contributed by atoms with Crippen LogP contribution in [0, 0.1) is 5.82 Å². The van der Waals surface area contributed by atoms with Crippen molar-refractivity contribution in [2.75, 3.05) is 18.7 Å². The van der Waals surface area contributed by atoms with Crippen LogP contribution < -0.4 is 14.8 Å². The first kappa shape index (κ1) is 22.1. The largest absolute Gasteiger partial charge is 0.454 e. The van der Waals surface area contributed by atoms with Gasteiger partial charge in [0.05, 0.1) is 11.4 Å². The van der Waals surface area contributed by atoms with Gasteiger partial charge in [0.25, 0.3) is 0 Å². The van der Waals surface area contributed by atoms with E-state index in [0.29, 0.717) is 22.2 Å². The van der Waals surface area contributed by atoms with Gasteiger partial charge in [-0.3, -0.25) is 4.79 Å². The van der Waals surface area contributed by atoms with Crippen LogP contribution in [0.2, 0.25) is 5.02 Å². The van der Waals surface area contributed by atoms with Crippen molar-refractivity contribution < 1.29 is 27.1 Å². The number of nitrogens with one attached hydrogen (secondary N) is 1. The molecule has 7 nitrogen and oxygen atoms in total. The fourth-order valence-corrected chi connectivity index (χ4v) is 4.63. The van der Waals surface area contributed by atoms with Crippen LogP contribution in [0.15, 0.2) is 71.6 Å². The van der Waals surface area contributed by atoms with Crippen LogP contribution in [0.4, 0.5) is 10.1 Å². The van der Waals surface area contributed by atoms with Gasteiger partial charge in [-0.25, -0.2) is 12.8 Å². The number of hydrogen-bond acceptors (Lipinski definition) is 5. The van der Waals surface area contributed by atoms with Gasteiger partial charge in [0, 0.05) is 28.9 Å². The fraction of sp³-hybridized carbons (Fsp3) is 0.136. The molecule has 10 heteroatoms. The Kier molecular flexibility index (Phi) is 6.31. The number of benzene rings is 3. The van der Waals surface area contributed by atoms with Crippen molar-refractivity contribution in [1.82, 2.24) is 4.31 Å². The van der Waals surface area contributed by atoms with E-state index < -0.39 is 28.3 Å². The highest BCUT2D eigenvalue weighted by Gasteiger charge is 2.28. The van der Waals surface area contributed by atoms with Crippen LogP contribution in [-0.4, -0.2) is 32.0 Å². The average Bonchev–Trinajstić information content (AvgIpc) is 3.23. The molecule has 0 aliphatic carbocycles. The van der Waals surface area contributed by atoms with Gasteiger partial charge < -0.3 is 14.8 Å². The number of amides is 1. The van der Waals surface area contributed by atoms with E-state index in [4.69, 9.17) is 21.1 Å². The number of ether oxygens (including phenoxy) is 2. The topological polar surface area (TPSA) is 84.9 Å². The Balaban J connectivity index is 1.59. The lowest BCUT2D eigenvalue weighted by Gasteiger charge is -2.22. The number of hydrogen-bond donors (Lipinski definition) is 1. The first-order valence-corrected chi connectivity index (χ1v) is 11.3. The fourth-order valence-electron chi connectivity index (χ4n) is 3.13. The zero-order chi connectivity index (χ0) is 22.7. The molecule has 0 radical (unpaired) electrons. The second kappa shape index (κ2) is 9.15. The quantitative estimate of drug-likeness (QED) is 0.556. The van der Waals surface area contributed by atoms with Gasteiger partial charge in [-0.15, -0.1) is 0 Å². The van der Waals surface area contributed by atoms with Crippen molar-refractivity contribution in [3.63, 3.8) is 0 Å². The van der Waals surface area contributed by atoms with E-state index in [1.165, 1.54) is 42.5 Å². The van der Waals surface area contributed by atoms with Crippen LogP contribution in [0.3, 0.4) is 0 Å². The first-order valence-electron chi connectivity index (χ1n) is 9.51. The maximum Gasteiger partial charge on any atom is 0.243 e. The second-order valence-electron chi connectivity index (χ2n) is 6.93. The Labute approximate surface area is 189 Å². The Morgan fingerprint density at radius 3 is 2.50 bits per heavy atom. The van der Waals surface area contributed by atoms with Gasteiger partial charge in [0.15, 0.2) is 11.5 Å². The number of nitrogens with zero attached hydrogens (tertiary/aromatic N) is 1. The molecular weight excluding hydrogens is 459 g/mol. The summed E-state index contributed by atoms with van der Waals surface area (Å²) in [5.41, 5.74) is 0.551. The minimum Gasteiger partial charge on any atom is -0.454 e. The van der Waals surface area contributed by atoms with Gasteiger partial charge >= 0.3 is 0 Å². The number of anilines is 1. The molecule has 1 aliphatic heterocycles. The number of carbonyl (C=O) groups excluding carboxylic acids is 1. The van der Waals surface area contributed by atoms with E-state index in [1.54, 1.807) is 24.3 Å². The summed E-state index contributed by atoms with van der Waals surface area (Å²) < 4.78 is 52.2. The number of carbonyl (C=O) groups is 1. The molecule has 1 N–H and O–H groups in total. The Bertz CT molecular complexity index is 1250. The predicted molar refractivity (Wildman–Crippen MR) is 117 cm³/mol. The zero-order valence-corrected chi connectivity index (χ0v) is 18.2. The van der Waals surface area contributed by atoms with Crippen molar-refractivity contribution in [3.05, 3.63) is 83.1 Å². The third kappa shape index (κ3) is 4.85. The standard InChI is InChI=1S/C22H18ClFN2O5S/c23-16-5-8-18(9-6-16)32(28,29)26(12-15-3-1-2-4-19(15)24)13-22(27)25-17-7-10-20-21(11-17)31-14-30-20/h1-11H,12-14H2,(H,25,27). The van der Waals surface area contributed by atoms with Crippen molar-refractivity contribution >= 4 is 33.2 Å². The van der Waals surface area contributed by atoms with Gasteiger partial charge in [-0.2, -0.15) is 4.31 Å². The molecule has 3 aromatic carbocycles. The molecule has 1 heterocycles. The maximum absolute atomic E-state index is 14.2. The summed E-state index contributed by atoms with van der Waals surface area (Å²) >= 11 is 5.87. The number of halogens is 2. The van der Waals surface area contributed by atoms with Crippen molar-refractivity contribution in [2.24, 2.45) is 0 Å². The van der Waals surface area contributed by atoms with E-state index in [0.717, 1.165) is 4.31 Å². The summed E-state index contributed by atoms with van der Waals surface area (Å²) in [5, 5.41) is 3.01. The van der Waals surface area contributed by atoms with E-state index in [1.807, 2.05) is 0 Å². The zero-order valence-electron chi connectivity index (χ0n) is 16.6. The monoisotopic (exact) mass is 476 g/mol. The summed E-state index contributed by atoms with van der Waals surface area (Å²) in [7, 11) is -4.13. The van der Waals surface area contributed by atoms with Crippen molar-refractivity contribution in [3.8, 4) is 11.5 Å². The van der Waals surface area contributed by atoms with E-state index >= 15 is 0 Å². The van der Waals surface area contributed by atoms with Gasteiger partial charge in [-0.1, -0.05) is 29.8 Å². The van der Waals surface area contributed by atoms with Crippen LogP contribution >= 0.6 is 11.6 Å². The molecule has 4 rings (SSSR count). The molecular formula is C22H18ClFN2O5S. The highest BCUT2D eigenvalue weighted by atomic mass is 35.5. The lowest BCUT2D eigenvalue weighted by Crippen LogP contribution is -2.37. The molecule has 0 saturated heterocycles. The van der Waals surface area contributed by atoms with Crippen molar-refractivity contribution in [2.45, 2.75) is 11.4 Å². The van der Waals surface area contributed by atoms with Crippen molar-refractivity contribution in [1.29, 1.82) is 0 Å². The molecule has 1 amide bonds. The lowest BCUT2D eigenvalue weighted by atomic mass is 10.2. The molecule has 32 heavy (non-hydrogen) atoms. The number of sulfonamides is 1. The minimum atomic E-state index is -4.13. The third-order valence-electron chi connectivity index (χ3n) is 4.73. The third-order valence-corrected chi connectivity index (χ3v) is 6.79. The number of fused-ring (bicyclic) bond motifs is 1. The molecule has 3 aromatic rings. The normalized spacial score (nSPS) is 12.7. The van der Waals surface area contributed by atoms with Crippen LogP contribution in [0.5, 0.6) is 11.5 Å². The molecule has 1 aliphatic rings. The average molecular weight is 477 g/mol. The summed E-state index contributed by atoms with van der Waals surface area (Å²) in [4.78, 5) is 12.7. The summed E-state index contributed by atoms with van der Waals surface area (Å²) in [5.74, 6) is -0.146. The first-order chi connectivity index (χ1) is 15.3. The molecule has 0 atom stereocenters. The van der Waals surface area contributed by atoms with Gasteiger partial charge in [-0.05, 0) is 42.5 Å². The molecule has 0 aromatic heterocycles. The molecule has 0 unspecified atom stereocenters. The van der Waals surface area contributed by atoms with E-state index in [-0.39, 0.29) is 23.8 Å². The van der Waals surface area contributed by atoms with Gasteiger partial charge in [0.1, 0.15) is 5.82 Å². The van der Waals surface area contributed by atoms with Crippen LogP contribution in [0.25, 0.3) is 0 Å². The maximum atomic E-state index is 14.2. The van der Waals surface area contributed by atoms with E-state index in [9.17, 15) is 17.6 Å². The van der Waals surface area contributed by atoms with Gasteiger partial charge in [0.2, 0.25) is 22.7 Å². The summed E-state index contributed by atoms with van der Waals surface area (Å²) in [6, 6.07) is 16.2. The highest BCUT2D eigenvalue weighted by Crippen LogP contribution is 2.34. The summed E-state index contributed by atoms with van der Waals surface area (Å²) in [6.45, 7) is -0.775. The SMILES string of the molecule is O=C(CN(Cc1ccccc1F)S(=O)(=O)c1ccc(Cl)cc1)Nc1ccc2c(c1)OCO2. The lowest BCUT2D eigenvalue weighted by molar-refractivity contribution is -0.116. The molecule has 0 fully saturated rings. The molecule has 0 spiro atoms. The Morgan fingerprint density at radius 1 is 1.03 bits per heavy atom. The molecule has 0 bridgehead atoms. The molecule has 166 valence electrons. The Hall–Kier alpha value is -3.14. The number of rotatable bonds is 7. The Morgan fingerprint density at radius 2 is 1.75 bits per heavy atom. The van der Waals surface area contributed by atoms with Crippen LogP contribution in [-0.2, 0) is 21.4 Å². The van der Waals surface area contributed by atoms with Crippen LogP contribution in [0.1, 0.15) is 5.56 Å². The molecule has 0 saturated carbocycles. The van der Waals surface area contributed by atoms with E-state index in [2.05, 4.69) is 5.32 Å². The minimum absolute atomic E-state index is 0.0610. The predicted octanol–water partition coefficient (Wildman–Crippen LogP) is 4.04.